The molecule has 0 aliphatic carbocycles. The number of aryl methyl sites for hydroxylation is 2. The highest BCUT2D eigenvalue weighted by Gasteiger charge is 2.24. The molecule has 0 atom stereocenters. The number of hydrogen-bond donors (Lipinski definition) is 1. The largest absolute Gasteiger partial charge is 0.384 e. The number of morpholine rings is 1. The number of nitrogens with zero attached hydrogens (tertiary/aromatic N) is 5. The predicted octanol–water partition coefficient (Wildman–Crippen LogP) is 2.49. The van der Waals surface area contributed by atoms with Gasteiger partial charge in [0.25, 0.3) is 0 Å². The van der Waals surface area contributed by atoms with Crippen LogP contribution in [0.3, 0.4) is 0 Å². The number of nitrogen functional groups attached to an aromatic ring is 1. The van der Waals surface area contributed by atoms with Crippen LogP contribution in [0.5, 0.6) is 0 Å². The minimum Gasteiger partial charge on any atom is -0.384 e. The van der Waals surface area contributed by atoms with Crippen molar-refractivity contribution in [2.24, 2.45) is 0 Å². The first-order valence-corrected chi connectivity index (χ1v) is 11.3. The number of likely N-dealkylation sites (N-methyl/N-ethyl adjacent to an activating group) is 1. The number of pyridine rings is 1. The lowest BCUT2D eigenvalue weighted by Gasteiger charge is -2.27. The van der Waals surface area contributed by atoms with E-state index in [4.69, 9.17) is 20.4 Å². The molecule has 5 rings (SSSR count). The summed E-state index contributed by atoms with van der Waals surface area (Å²) < 4.78 is 5.45. The molecule has 0 spiro atoms. The van der Waals surface area contributed by atoms with Crippen molar-refractivity contribution in [2.75, 3.05) is 48.9 Å². The van der Waals surface area contributed by atoms with Crippen molar-refractivity contribution in [3.63, 3.8) is 0 Å². The fourth-order valence-electron chi connectivity index (χ4n) is 4.44. The van der Waals surface area contributed by atoms with Gasteiger partial charge in [0.2, 0.25) is 11.9 Å². The van der Waals surface area contributed by atoms with E-state index in [1.54, 1.807) is 18.0 Å². The number of carbonyl (C=O) groups is 1. The monoisotopic (exact) mass is 454 g/mol. The molecule has 4 heterocycles. The molecule has 2 N–H and O–H groups in total. The van der Waals surface area contributed by atoms with Crippen molar-refractivity contribution in [3.05, 3.63) is 58.5 Å². The number of nitrogens with two attached hydrogens (primary N) is 1. The molecule has 8 heteroatoms. The highest BCUT2D eigenvalue weighted by Crippen LogP contribution is 2.30. The molecule has 172 valence electrons. The molecule has 0 unspecified atom stereocenters. The number of amides is 1. The zero-order chi connectivity index (χ0) is 23.8. The summed E-state index contributed by atoms with van der Waals surface area (Å²) in [5.41, 5.74) is 12.8. The summed E-state index contributed by atoms with van der Waals surface area (Å²) in [7, 11) is 1.79. The smallest absolute Gasteiger partial charge is 0.231 e. The molecule has 1 amide bonds. The van der Waals surface area contributed by atoms with Crippen molar-refractivity contribution in [1.29, 1.82) is 0 Å². The highest BCUT2D eigenvalue weighted by molar-refractivity contribution is 6.01. The van der Waals surface area contributed by atoms with Gasteiger partial charge in [-0.3, -0.25) is 4.79 Å². The number of carbonyl (C=O) groups excluding carboxylic acids is 1. The Morgan fingerprint density at radius 1 is 1.00 bits per heavy atom. The molecule has 1 saturated heterocycles. The van der Waals surface area contributed by atoms with Crippen LogP contribution >= 0.6 is 0 Å². The van der Waals surface area contributed by atoms with E-state index in [-0.39, 0.29) is 5.91 Å². The summed E-state index contributed by atoms with van der Waals surface area (Å²) in [6.07, 6.45) is 0.397. The van der Waals surface area contributed by atoms with Gasteiger partial charge in [-0.1, -0.05) is 5.92 Å². The van der Waals surface area contributed by atoms with Crippen LogP contribution in [0.2, 0.25) is 0 Å². The third kappa shape index (κ3) is 4.06. The summed E-state index contributed by atoms with van der Waals surface area (Å²) in [6.45, 7) is 6.88. The molecular weight excluding hydrogens is 428 g/mol. The first-order chi connectivity index (χ1) is 16.4. The lowest BCUT2D eigenvalue weighted by Crippen LogP contribution is -2.37. The number of aromatic nitrogens is 3. The van der Waals surface area contributed by atoms with Crippen LogP contribution in [-0.4, -0.2) is 54.2 Å². The summed E-state index contributed by atoms with van der Waals surface area (Å²) in [6, 6.07) is 9.52. The Labute approximate surface area is 198 Å². The van der Waals surface area contributed by atoms with Gasteiger partial charge in [-0.05, 0) is 55.7 Å². The van der Waals surface area contributed by atoms with Crippen LogP contribution in [0.1, 0.15) is 28.2 Å². The lowest BCUT2D eigenvalue weighted by atomic mass is 10.0. The fraction of sp³-hybridized carbons (Fsp3) is 0.308. The van der Waals surface area contributed by atoms with Crippen LogP contribution in [-0.2, 0) is 16.0 Å². The van der Waals surface area contributed by atoms with E-state index in [9.17, 15) is 4.79 Å². The van der Waals surface area contributed by atoms with Gasteiger partial charge in [-0.15, -0.1) is 0 Å². The minimum atomic E-state index is 0.0892. The van der Waals surface area contributed by atoms with Crippen LogP contribution in [0.15, 0.2) is 30.3 Å². The van der Waals surface area contributed by atoms with Gasteiger partial charge in [0.1, 0.15) is 11.5 Å². The van der Waals surface area contributed by atoms with E-state index in [0.29, 0.717) is 31.1 Å². The summed E-state index contributed by atoms with van der Waals surface area (Å²) in [5, 5.41) is 0. The minimum absolute atomic E-state index is 0.0892. The van der Waals surface area contributed by atoms with Gasteiger partial charge in [-0.25, -0.2) is 15.0 Å². The lowest BCUT2D eigenvalue weighted by molar-refractivity contribution is -0.117. The maximum absolute atomic E-state index is 12.0. The number of ether oxygens (including phenoxy) is 1. The number of fused-ring (bicyclic) bond motifs is 1. The average Bonchev–Trinajstić information content (AvgIpc) is 3.11. The Bertz CT molecular complexity index is 1330. The third-order valence-corrected chi connectivity index (χ3v) is 6.22. The molecule has 2 aromatic heterocycles. The van der Waals surface area contributed by atoms with E-state index in [0.717, 1.165) is 58.4 Å². The molecule has 0 saturated carbocycles. The van der Waals surface area contributed by atoms with Gasteiger partial charge >= 0.3 is 0 Å². The molecule has 1 fully saturated rings. The van der Waals surface area contributed by atoms with Gasteiger partial charge in [-0.2, -0.15) is 0 Å². The molecule has 34 heavy (non-hydrogen) atoms. The van der Waals surface area contributed by atoms with Gasteiger partial charge in [0.15, 0.2) is 0 Å². The zero-order valence-electron chi connectivity index (χ0n) is 19.6. The second-order valence-corrected chi connectivity index (χ2v) is 8.52. The van der Waals surface area contributed by atoms with E-state index in [1.165, 1.54) is 0 Å². The topological polar surface area (TPSA) is 97.5 Å². The van der Waals surface area contributed by atoms with Crippen molar-refractivity contribution >= 4 is 23.4 Å². The Morgan fingerprint density at radius 3 is 2.47 bits per heavy atom. The van der Waals surface area contributed by atoms with Crippen molar-refractivity contribution < 1.29 is 9.53 Å². The van der Waals surface area contributed by atoms with Gasteiger partial charge < -0.3 is 20.3 Å². The second-order valence-electron chi connectivity index (χ2n) is 8.52. The summed E-state index contributed by atoms with van der Waals surface area (Å²) in [4.78, 5) is 29.9. The van der Waals surface area contributed by atoms with Crippen molar-refractivity contribution in [3.8, 4) is 23.0 Å². The van der Waals surface area contributed by atoms with Crippen molar-refractivity contribution in [2.45, 2.75) is 20.3 Å². The Balaban J connectivity index is 1.52. The maximum Gasteiger partial charge on any atom is 0.231 e. The molecule has 8 nitrogen and oxygen atoms in total. The molecule has 1 aromatic carbocycles. The molecule has 0 bridgehead atoms. The normalized spacial score (nSPS) is 15.2. The van der Waals surface area contributed by atoms with Crippen LogP contribution in [0.25, 0.3) is 11.1 Å². The Morgan fingerprint density at radius 2 is 1.74 bits per heavy atom. The van der Waals surface area contributed by atoms with Crippen LogP contribution in [0.4, 0.5) is 17.5 Å². The maximum atomic E-state index is 12.0. The number of benzene rings is 1. The summed E-state index contributed by atoms with van der Waals surface area (Å²) in [5.74, 6) is 7.60. The van der Waals surface area contributed by atoms with E-state index in [2.05, 4.69) is 21.7 Å². The van der Waals surface area contributed by atoms with Gasteiger partial charge in [0, 0.05) is 42.5 Å². The van der Waals surface area contributed by atoms with Crippen molar-refractivity contribution in [1.82, 2.24) is 15.0 Å². The van der Waals surface area contributed by atoms with Gasteiger partial charge in [0.05, 0.1) is 31.0 Å². The van der Waals surface area contributed by atoms with E-state index < -0.39 is 0 Å². The fourth-order valence-corrected chi connectivity index (χ4v) is 4.44. The number of rotatable bonds is 2. The predicted molar refractivity (Wildman–Crippen MR) is 132 cm³/mol. The van der Waals surface area contributed by atoms with E-state index >= 15 is 0 Å². The first-order valence-electron chi connectivity index (χ1n) is 11.3. The molecule has 0 radical (unpaired) electrons. The molecule has 3 aromatic rings. The quantitative estimate of drug-likeness (QED) is 0.594. The Kier molecular flexibility index (Phi) is 5.64. The SMILES string of the molecule is Cc1nc(N2CCOCC2)nc(C)c1-c1ccc(N)nc1C#Cc1ccc2c(c1)CC(=O)N2C. The number of hydrogen-bond acceptors (Lipinski definition) is 7. The van der Waals surface area contributed by atoms with E-state index in [1.807, 2.05) is 38.1 Å². The average molecular weight is 455 g/mol. The van der Waals surface area contributed by atoms with Crippen LogP contribution in [0, 0.1) is 25.7 Å². The zero-order valence-corrected chi connectivity index (χ0v) is 19.6. The molecular formula is C26H26N6O2. The highest BCUT2D eigenvalue weighted by atomic mass is 16.5. The molecule has 2 aliphatic rings. The third-order valence-electron chi connectivity index (χ3n) is 6.22. The standard InChI is InChI=1S/C26H26N6O2/c1-16-25(17(2)29-26(28-16)32-10-12-34-13-11-32)20-6-9-23(27)30-21(20)7-4-18-5-8-22-19(14-18)15-24(33)31(22)3/h5-6,8-9,14H,10-13,15H2,1-3H3,(H2,27,30). The number of anilines is 3. The first kappa shape index (κ1) is 21.9. The molecule has 2 aliphatic heterocycles. The Hall–Kier alpha value is -3.96. The second kappa shape index (κ2) is 8.76. The van der Waals surface area contributed by atoms with Crippen LogP contribution < -0.4 is 15.5 Å². The summed E-state index contributed by atoms with van der Waals surface area (Å²) >= 11 is 0.